The molecule has 3 aliphatic rings. The molecule has 0 aromatic heterocycles. The number of carbonyl (C=O) groups excluding carboxylic acids is 2. The van der Waals surface area contributed by atoms with Crippen molar-refractivity contribution in [2.24, 2.45) is 5.92 Å². The number of piperidine rings is 2. The van der Waals surface area contributed by atoms with E-state index < -0.39 is 0 Å². The van der Waals surface area contributed by atoms with Gasteiger partial charge in [-0.15, -0.1) is 0 Å². The van der Waals surface area contributed by atoms with E-state index >= 15 is 0 Å². The zero-order valence-corrected chi connectivity index (χ0v) is 14.3. The van der Waals surface area contributed by atoms with Crippen LogP contribution in [0, 0.1) is 12.8 Å². The molecule has 0 bridgehead atoms. The van der Waals surface area contributed by atoms with Gasteiger partial charge in [-0.3, -0.25) is 9.59 Å². The molecule has 2 saturated heterocycles. The Morgan fingerprint density at radius 1 is 1.08 bits per heavy atom. The average Bonchev–Trinajstić information content (AvgIpc) is 3.03. The lowest BCUT2D eigenvalue weighted by Gasteiger charge is -2.41. The molecule has 1 aromatic carbocycles. The highest BCUT2D eigenvalue weighted by Gasteiger charge is 2.37. The second kappa shape index (κ2) is 6.20. The van der Waals surface area contributed by atoms with Crippen molar-refractivity contribution in [3.63, 3.8) is 0 Å². The van der Waals surface area contributed by atoms with Crippen LogP contribution in [-0.4, -0.2) is 47.3 Å². The molecule has 128 valence electrons. The van der Waals surface area contributed by atoms with Gasteiger partial charge in [0.1, 0.15) is 0 Å². The van der Waals surface area contributed by atoms with Crippen LogP contribution in [0.2, 0.25) is 0 Å². The van der Waals surface area contributed by atoms with Crippen LogP contribution in [0.5, 0.6) is 0 Å². The molecule has 1 N–H and O–H groups in total. The molecule has 0 saturated carbocycles. The Morgan fingerprint density at radius 2 is 1.88 bits per heavy atom. The zero-order chi connectivity index (χ0) is 16.7. The van der Waals surface area contributed by atoms with E-state index in [2.05, 4.69) is 30.4 Å². The number of hydrogen-bond acceptors (Lipinski definition) is 3. The summed E-state index contributed by atoms with van der Waals surface area (Å²) in [7, 11) is 0. The van der Waals surface area contributed by atoms with Gasteiger partial charge in [-0.2, -0.15) is 0 Å². The van der Waals surface area contributed by atoms with Crippen molar-refractivity contribution in [2.45, 2.75) is 45.3 Å². The van der Waals surface area contributed by atoms with E-state index in [1.165, 1.54) is 11.1 Å². The second-order valence-electron chi connectivity index (χ2n) is 7.44. The van der Waals surface area contributed by atoms with E-state index in [-0.39, 0.29) is 11.8 Å². The summed E-state index contributed by atoms with van der Waals surface area (Å²) in [5.41, 5.74) is 3.53. The summed E-state index contributed by atoms with van der Waals surface area (Å²) < 4.78 is 0. The summed E-state index contributed by atoms with van der Waals surface area (Å²) in [6.07, 6.45) is 3.28. The number of likely N-dealkylation sites (tertiary alicyclic amines) is 1. The summed E-state index contributed by atoms with van der Waals surface area (Å²) in [5.74, 6) is -0.155. The topological polar surface area (TPSA) is 52.7 Å². The fraction of sp³-hybridized carbons (Fsp3) is 0.579. The van der Waals surface area contributed by atoms with E-state index in [4.69, 9.17) is 0 Å². The van der Waals surface area contributed by atoms with Gasteiger partial charge in [-0.05, 0) is 49.8 Å². The maximum absolute atomic E-state index is 12.7. The Balaban J connectivity index is 1.41. The molecule has 5 nitrogen and oxygen atoms in total. The van der Waals surface area contributed by atoms with Crippen LogP contribution in [0.3, 0.4) is 0 Å². The van der Waals surface area contributed by atoms with Crippen molar-refractivity contribution >= 4 is 11.8 Å². The van der Waals surface area contributed by atoms with Gasteiger partial charge in [-0.25, -0.2) is 0 Å². The van der Waals surface area contributed by atoms with E-state index in [9.17, 15) is 9.59 Å². The van der Waals surface area contributed by atoms with Crippen LogP contribution in [0.4, 0.5) is 0 Å². The Bertz CT molecular complexity index is 673. The number of rotatable bonds is 0. The van der Waals surface area contributed by atoms with Crippen molar-refractivity contribution in [1.29, 1.82) is 0 Å². The third-order valence-electron chi connectivity index (χ3n) is 5.73. The molecule has 24 heavy (non-hydrogen) atoms. The van der Waals surface area contributed by atoms with Crippen molar-refractivity contribution in [2.75, 3.05) is 19.6 Å². The van der Waals surface area contributed by atoms with Gasteiger partial charge in [0, 0.05) is 32.2 Å². The van der Waals surface area contributed by atoms with Gasteiger partial charge in [0.05, 0.1) is 0 Å². The molecule has 0 spiro atoms. The first-order valence-electron chi connectivity index (χ1n) is 9.02. The SMILES string of the molecule is Cc1ccc2c(c1)CN(C(=O)C(=O)N1CCC3NCCCC3C1)C2. The minimum Gasteiger partial charge on any atom is -0.334 e. The number of nitrogens with one attached hydrogen (secondary N) is 1. The third-order valence-corrected chi connectivity index (χ3v) is 5.73. The predicted molar refractivity (Wildman–Crippen MR) is 91.1 cm³/mol. The number of benzene rings is 1. The van der Waals surface area contributed by atoms with Crippen LogP contribution in [0.25, 0.3) is 0 Å². The second-order valence-corrected chi connectivity index (χ2v) is 7.44. The summed E-state index contributed by atoms with van der Waals surface area (Å²) in [6, 6.07) is 6.78. The summed E-state index contributed by atoms with van der Waals surface area (Å²) in [6.45, 7) is 5.67. The van der Waals surface area contributed by atoms with E-state index in [0.29, 0.717) is 31.6 Å². The highest BCUT2D eigenvalue weighted by Crippen LogP contribution is 2.27. The van der Waals surface area contributed by atoms with E-state index in [1.54, 1.807) is 9.80 Å². The van der Waals surface area contributed by atoms with E-state index in [1.807, 2.05) is 0 Å². The molecular weight excluding hydrogens is 302 g/mol. The Morgan fingerprint density at radius 3 is 2.75 bits per heavy atom. The molecule has 0 radical (unpaired) electrons. The largest absolute Gasteiger partial charge is 0.334 e. The Labute approximate surface area is 143 Å². The van der Waals surface area contributed by atoms with Gasteiger partial charge in [0.2, 0.25) is 0 Å². The lowest BCUT2D eigenvalue weighted by atomic mass is 9.85. The lowest BCUT2D eigenvalue weighted by Crippen LogP contribution is -2.55. The van der Waals surface area contributed by atoms with Crippen LogP contribution in [0.15, 0.2) is 18.2 Å². The quantitative estimate of drug-likeness (QED) is 0.734. The molecule has 2 fully saturated rings. The number of aryl methyl sites for hydroxylation is 1. The van der Waals surface area contributed by atoms with Crippen LogP contribution in [-0.2, 0) is 22.7 Å². The first kappa shape index (κ1) is 15.6. The zero-order valence-electron chi connectivity index (χ0n) is 14.3. The minimum atomic E-state index is -0.342. The summed E-state index contributed by atoms with van der Waals surface area (Å²) >= 11 is 0. The number of nitrogens with zero attached hydrogens (tertiary/aromatic N) is 2. The first-order valence-corrected chi connectivity index (χ1v) is 9.02. The monoisotopic (exact) mass is 327 g/mol. The molecule has 3 aliphatic heterocycles. The van der Waals surface area contributed by atoms with Gasteiger partial charge in [0.15, 0.2) is 0 Å². The number of fused-ring (bicyclic) bond motifs is 2. The minimum absolute atomic E-state index is 0.316. The smallest absolute Gasteiger partial charge is 0.312 e. The molecule has 2 amide bonds. The van der Waals surface area contributed by atoms with Crippen molar-refractivity contribution in [3.05, 3.63) is 34.9 Å². The fourth-order valence-corrected chi connectivity index (χ4v) is 4.37. The number of hydrogen-bond donors (Lipinski definition) is 1. The van der Waals surface area contributed by atoms with Gasteiger partial charge in [0.25, 0.3) is 0 Å². The molecule has 3 heterocycles. The Hall–Kier alpha value is -1.88. The van der Waals surface area contributed by atoms with Gasteiger partial charge < -0.3 is 15.1 Å². The summed E-state index contributed by atoms with van der Waals surface area (Å²) in [5, 5.41) is 3.55. The average molecular weight is 327 g/mol. The Kier molecular flexibility index (Phi) is 4.04. The van der Waals surface area contributed by atoms with Crippen molar-refractivity contribution in [1.82, 2.24) is 15.1 Å². The maximum atomic E-state index is 12.7. The standard InChI is InChI=1S/C19H25N3O2/c1-13-4-5-14-10-22(12-16(14)9-13)19(24)18(23)21-8-6-17-15(11-21)3-2-7-20-17/h4-5,9,15,17,20H,2-3,6-8,10-12H2,1H3. The van der Waals surface area contributed by atoms with Crippen LogP contribution >= 0.6 is 0 Å². The molecular formula is C19H25N3O2. The van der Waals surface area contributed by atoms with Crippen LogP contribution in [0.1, 0.15) is 36.0 Å². The highest BCUT2D eigenvalue weighted by molar-refractivity contribution is 6.34. The molecule has 4 rings (SSSR count). The molecule has 0 aliphatic carbocycles. The molecule has 5 heteroatoms. The van der Waals surface area contributed by atoms with Crippen LogP contribution < -0.4 is 5.32 Å². The molecule has 2 unspecified atom stereocenters. The fourth-order valence-electron chi connectivity index (χ4n) is 4.37. The predicted octanol–water partition coefficient (Wildman–Crippen LogP) is 1.44. The summed E-state index contributed by atoms with van der Waals surface area (Å²) in [4.78, 5) is 28.8. The normalized spacial score (nSPS) is 26.0. The van der Waals surface area contributed by atoms with E-state index in [0.717, 1.165) is 37.9 Å². The number of carbonyl (C=O) groups is 2. The first-order chi connectivity index (χ1) is 11.6. The lowest BCUT2D eigenvalue weighted by molar-refractivity contribution is -0.153. The highest BCUT2D eigenvalue weighted by atomic mass is 16.2. The van der Waals surface area contributed by atoms with Gasteiger partial charge >= 0.3 is 11.8 Å². The van der Waals surface area contributed by atoms with Crippen molar-refractivity contribution in [3.8, 4) is 0 Å². The maximum Gasteiger partial charge on any atom is 0.312 e. The number of amides is 2. The molecule has 1 aromatic rings. The third kappa shape index (κ3) is 2.81. The van der Waals surface area contributed by atoms with Gasteiger partial charge in [-0.1, -0.05) is 23.8 Å². The van der Waals surface area contributed by atoms with Crippen molar-refractivity contribution < 1.29 is 9.59 Å². The molecule has 2 atom stereocenters.